The summed E-state index contributed by atoms with van der Waals surface area (Å²) >= 11 is 0. The van der Waals surface area contributed by atoms with Crippen LogP contribution in [-0.4, -0.2) is 39.0 Å². The van der Waals surface area contributed by atoms with Crippen molar-refractivity contribution in [2.24, 2.45) is 0 Å². The number of alkyl carbamates (subject to hydrolysis) is 1. The number of aryl methyl sites for hydroxylation is 1. The van der Waals surface area contributed by atoms with Crippen LogP contribution in [0.3, 0.4) is 0 Å². The van der Waals surface area contributed by atoms with E-state index in [0.717, 1.165) is 19.3 Å². The van der Waals surface area contributed by atoms with Crippen LogP contribution in [0.15, 0.2) is 46.9 Å². The Labute approximate surface area is 233 Å². The van der Waals surface area contributed by atoms with Crippen molar-refractivity contribution in [1.82, 2.24) is 5.32 Å². The van der Waals surface area contributed by atoms with Crippen molar-refractivity contribution < 1.29 is 33.1 Å². The fraction of sp³-hybridized carbons (Fsp3) is 0.600. The van der Waals surface area contributed by atoms with Crippen LogP contribution in [0.4, 0.5) is 4.79 Å². The van der Waals surface area contributed by atoms with Gasteiger partial charge in [-0.3, -0.25) is 9.36 Å². The third-order valence-electron chi connectivity index (χ3n) is 7.21. The van der Waals surface area contributed by atoms with Gasteiger partial charge in [-0.05, 0) is 90.3 Å². The molecule has 0 spiro atoms. The Morgan fingerprint density at radius 3 is 2.18 bits per heavy atom. The summed E-state index contributed by atoms with van der Waals surface area (Å²) in [7, 11) is -4.30. The fourth-order valence-corrected chi connectivity index (χ4v) is 5.76. The molecule has 0 bridgehead atoms. The van der Waals surface area contributed by atoms with E-state index in [9.17, 15) is 23.9 Å². The minimum absolute atomic E-state index is 0.0478. The molecule has 218 valence electrons. The number of ketones is 1. The van der Waals surface area contributed by atoms with Gasteiger partial charge in [0.2, 0.25) is 0 Å². The Morgan fingerprint density at radius 1 is 0.974 bits per heavy atom. The van der Waals surface area contributed by atoms with Crippen LogP contribution < -0.4 is 5.32 Å². The number of rotatable bonds is 15. The molecule has 39 heavy (non-hydrogen) atoms. The van der Waals surface area contributed by atoms with Gasteiger partial charge in [0.05, 0.1) is 6.16 Å². The second kappa shape index (κ2) is 13.8. The molecule has 8 nitrogen and oxygen atoms in total. The first-order chi connectivity index (χ1) is 18.1. The summed E-state index contributed by atoms with van der Waals surface area (Å²) in [5.41, 5.74) is -1.03. The van der Waals surface area contributed by atoms with Crippen molar-refractivity contribution in [3.05, 3.63) is 59.5 Å². The topological polar surface area (TPSA) is 126 Å². The molecule has 2 aromatic rings. The Balaban J connectivity index is 2.18. The zero-order chi connectivity index (χ0) is 29.3. The highest BCUT2D eigenvalue weighted by molar-refractivity contribution is 7.51. The Kier molecular flexibility index (Phi) is 11.6. The summed E-state index contributed by atoms with van der Waals surface area (Å²) in [4.78, 5) is 44.7. The van der Waals surface area contributed by atoms with Gasteiger partial charge in [-0.2, -0.15) is 0 Å². The molecule has 0 saturated carbocycles. The van der Waals surface area contributed by atoms with Gasteiger partial charge < -0.3 is 24.3 Å². The van der Waals surface area contributed by atoms with E-state index < -0.39 is 30.2 Å². The van der Waals surface area contributed by atoms with Crippen molar-refractivity contribution >= 4 is 19.5 Å². The maximum absolute atomic E-state index is 12.9. The Bertz CT molecular complexity index is 1110. The molecule has 1 heterocycles. The summed E-state index contributed by atoms with van der Waals surface area (Å²) in [6.45, 7) is 11.1. The number of benzene rings is 1. The lowest BCUT2D eigenvalue weighted by molar-refractivity contribution is 0.0430. The summed E-state index contributed by atoms with van der Waals surface area (Å²) in [6, 6.07) is 13.7. The molecule has 0 saturated heterocycles. The highest BCUT2D eigenvalue weighted by Crippen LogP contribution is 2.44. The van der Waals surface area contributed by atoms with E-state index >= 15 is 0 Å². The normalized spacial score (nSPS) is 14.1. The second-order valence-corrected chi connectivity index (χ2v) is 13.5. The summed E-state index contributed by atoms with van der Waals surface area (Å²) in [6.07, 6.45) is 3.64. The lowest BCUT2D eigenvalue weighted by Gasteiger charge is -2.41. The lowest BCUT2D eigenvalue weighted by atomic mass is 9.70. The maximum Gasteiger partial charge on any atom is 0.408 e. The summed E-state index contributed by atoms with van der Waals surface area (Å²) in [5.74, 6) is 0.896. The van der Waals surface area contributed by atoms with Crippen molar-refractivity contribution in [2.75, 3.05) is 6.16 Å². The van der Waals surface area contributed by atoms with Gasteiger partial charge in [-0.15, -0.1) is 0 Å². The molecule has 3 N–H and O–H groups in total. The zero-order valence-electron chi connectivity index (χ0n) is 24.3. The van der Waals surface area contributed by atoms with E-state index in [2.05, 4.69) is 17.4 Å². The van der Waals surface area contributed by atoms with E-state index in [1.165, 1.54) is 5.56 Å². The first-order valence-electron chi connectivity index (χ1n) is 13.8. The molecule has 0 aliphatic rings. The van der Waals surface area contributed by atoms with Crippen LogP contribution in [0.25, 0.3) is 0 Å². The summed E-state index contributed by atoms with van der Waals surface area (Å²) in [5, 5.41) is 2.88. The first-order valence-corrected chi connectivity index (χ1v) is 15.6. The molecule has 1 aromatic carbocycles. The number of Topliss-reactive ketones (excluding diaryl/α,β-unsaturated/α-hetero) is 1. The number of hydrogen-bond acceptors (Lipinski definition) is 5. The third-order valence-corrected chi connectivity index (χ3v) is 8.01. The minimum Gasteiger partial charge on any atom is -0.457 e. The fourth-order valence-electron chi connectivity index (χ4n) is 4.98. The zero-order valence-corrected chi connectivity index (χ0v) is 25.2. The van der Waals surface area contributed by atoms with Crippen LogP contribution in [-0.2, 0) is 21.1 Å². The van der Waals surface area contributed by atoms with Crippen LogP contribution >= 0.6 is 7.60 Å². The second-order valence-electron chi connectivity index (χ2n) is 11.8. The van der Waals surface area contributed by atoms with Gasteiger partial charge in [0, 0.05) is 17.4 Å². The monoisotopic (exact) mass is 563 g/mol. The molecule has 1 aromatic heterocycles. The Morgan fingerprint density at radius 2 is 1.62 bits per heavy atom. The average Bonchev–Trinajstić information content (AvgIpc) is 3.34. The smallest absolute Gasteiger partial charge is 0.408 e. The third kappa shape index (κ3) is 10.9. The molecule has 1 atom stereocenters. The highest BCUT2D eigenvalue weighted by atomic mass is 31.2. The number of carbonyl (C=O) groups excluding carboxylic acids is 2. The van der Waals surface area contributed by atoms with E-state index in [4.69, 9.17) is 9.15 Å². The van der Waals surface area contributed by atoms with E-state index in [1.54, 1.807) is 33.8 Å². The number of hydrogen-bond donors (Lipinski definition) is 3. The molecular formula is C30H46NO7P. The van der Waals surface area contributed by atoms with E-state index in [-0.39, 0.29) is 18.4 Å². The van der Waals surface area contributed by atoms with E-state index in [0.29, 0.717) is 37.2 Å². The van der Waals surface area contributed by atoms with Crippen LogP contribution in [0.1, 0.15) is 108 Å². The molecule has 0 fully saturated rings. The van der Waals surface area contributed by atoms with Crippen molar-refractivity contribution in [1.29, 1.82) is 0 Å². The summed E-state index contributed by atoms with van der Waals surface area (Å²) < 4.78 is 23.3. The molecule has 0 aliphatic carbocycles. The number of ether oxygens (including phenoxy) is 1. The molecule has 0 radical (unpaired) electrons. The van der Waals surface area contributed by atoms with Gasteiger partial charge in [-0.1, -0.05) is 44.2 Å². The largest absolute Gasteiger partial charge is 0.457 e. The van der Waals surface area contributed by atoms with Crippen LogP contribution in [0, 0.1) is 0 Å². The number of carbonyl (C=O) groups is 2. The van der Waals surface area contributed by atoms with Gasteiger partial charge in [0.15, 0.2) is 11.5 Å². The lowest BCUT2D eigenvalue weighted by Crippen LogP contribution is -2.52. The van der Waals surface area contributed by atoms with Crippen molar-refractivity contribution in [2.45, 2.75) is 109 Å². The molecule has 2 rings (SSSR count). The minimum atomic E-state index is -4.30. The molecule has 0 unspecified atom stereocenters. The van der Waals surface area contributed by atoms with Crippen LogP contribution in [0.2, 0.25) is 0 Å². The first kappa shape index (κ1) is 32.8. The van der Waals surface area contributed by atoms with Gasteiger partial charge in [0.25, 0.3) is 0 Å². The van der Waals surface area contributed by atoms with Gasteiger partial charge in [-0.25, -0.2) is 4.79 Å². The average molecular weight is 564 g/mol. The number of furan rings is 1. The predicted octanol–water partition coefficient (Wildman–Crippen LogP) is 7.17. The number of nitrogens with one attached hydrogen (secondary N) is 1. The highest BCUT2D eigenvalue weighted by Gasteiger charge is 2.42. The standard InChI is InChI=1S/C30H46NO7P/c1-7-30(8-2,22-29(6,20-21-39(34,35)36)31-27(33)38-28(3,4)5)26-19-18-25(37-26)24(32)17-13-12-16-23-14-10-9-11-15-23/h9-11,14-15,18-19H,7-8,12-13,16-17,20-22H2,1-6H3,(H,31,33)(H2,34,35,36)/t29-/m0/s1. The Hall–Kier alpha value is -2.41. The molecule has 1 amide bonds. The van der Waals surface area contributed by atoms with E-state index in [1.807, 2.05) is 38.1 Å². The quantitative estimate of drug-likeness (QED) is 0.119. The van der Waals surface area contributed by atoms with Gasteiger partial charge >= 0.3 is 13.7 Å². The van der Waals surface area contributed by atoms with Gasteiger partial charge in [0.1, 0.15) is 11.4 Å². The SMILES string of the molecule is CCC(CC)(C[C@](C)(CCP(=O)(O)O)NC(=O)OC(C)(C)C)c1ccc(C(=O)CCCCc2ccccc2)o1. The van der Waals surface area contributed by atoms with Crippen LogP contribution in [0.5, 0.6) is 0 Å². The van der Waals surface area contributed by atoms with Crippen molar-refractivity contribution in [3.8, 4) is 0 Å². The maximum atomic E-state index is 12.9. The number of amides is 1. The predicted molar refractivity (Wildman–Crippen MR) is 153 cm³/mol. The molecule has 0 aliphatic heterocycles. The van der Waals surface area contributed by atoms with Crippen molar-refractivity contribution in [3.63, 3.8) is 0 Å². The number of unbranched alkanes of at least 4 members (excludes halogenated alkanes) is 1. The molecular weight excluding hydrogens is 517 g/mol. The molecule has 9 heteroatoms.